The molecule has 1 aromatic rings. The molecule has 5 heteroatoms. The van der Waals surface area contributed by atoms with Gasteiger partial charge >= 0.3 is 0 Å². The van der Waals surface area contributed by atoms with Gasteiger partial charge in [-0.3, -0.25) is 9.79 Å². The molecule has 5 nitrogen and oxygen atoms in total. The van der Waals surface area contributed by atoms with E-state index in [0.717, 1.165) is 51.4 Å². The predicted octanol–water partition coefficient (Wildman–Crippen LogP) is 3.07. The van der Waals surface area contributed by atoms with Crippen LogP contribution in [0.15, 0.2) is 45.8 Å². The Hall–Kier alpha value is -2.04. The molecule has 1 aliphatic rings. The first-order chi connectivity index (χ1) is 12.3. The molecule has 1 aliphatic carbocycles. The number of allylic oxidation sites excluding steroid dienone is 1. The highest BCUT2D eigenvalue weighted by Crippen LogP contribution is 2.19. The zero-order valence-corrected chi connectivity index (χ0v) is 15.5. The molecule has 0 saturated carbocycles. The summed E-state index contributed by atoms with van der Waals surface area (Å²) in [5, 5.41) is 6.73. The third kappa shape index (κ3) is 7.59. The summed E-state index contributed by atoms with van der Waals surface area (Å²) in [4.78, 5) is 16.3. The van der Waals surface area contributed by atoms with Crippen LogP contribution in [-0.2, 0) is 6.54 Å². The summed E-state index contributed by atoms with van der Waals surface area (Å²) in [6.45, 7) is 5.43. The number of guanidine groups is 1. The number of aliphatic imine (C=N–C) groups is 1. The Labute approximate surface area is 151 Å². The molecule has 0 aromatic carbocycles. The predicted molar refractivity (Wildman–Crippen MR) is 105 cm³/mol. The van der Waals surface area contributed by atoms with Crippen LogP contribution in [-0.4, -0.2) is 30.2 Å². The maximum absolute atomic E-state index is 11.6. The van der Waals surface area contributed by atoms with Gasteiger partial charge in [-0.25, -0.2) is 0 Å². The van der Waals surface area contributed by atoms with Crippen molar-refractivity contribution in [3.63, 3.8) is 0 Å². The van der Waals surface area contributed by atoms with Crippen molar-refractivity contribution in [3.8, 4) is 0 Å². The number of aryl methyl sites for hydroxylation is 1. The zero-order valence-electron chi connectivity index (χ0n) is 15.5. The molecular formula is C20H32N4O. The van der Waals surface area contributed by atoms with Gasteiger partial charge in [-0.05, 0) is 57.9 Å². The summed E-state index contributed by atoms with van der Waals surface area (Å²) >= 11 is 0. The topological polar surface area (TPSA) is 58.4 Å². The number of pyridine rings is 1. The minimum atomic E-state index is 0.0676. The van der Waals surface area contributed by atoms with Crippen LogP contribution in [0, 0.1) is 0 Å². The minimum absolute atomic E-state index is 0.0676. The maximum atomic E-state index is 11.6. The van der Waals surface area contributed by atoms with Crippen molar-refractivity contribution in [2.75, 3.05) is 19.6 Å². The summed E-state index contributed by atoms with van der Waals surface area (Å²) in [6.07, 6.45) is 12.5. The normalized spacial score (nSPS) is 14.9. The lowest BCUT2D eigenvalue weighted by Gasteiger charge is -2.15. The Bertz CT molecular complexity index is 618. The van der Waals surface area contributed by atoms with Crippen molar-refractivity contribution in [1.82, 2.24) is 15.2 Å². The highest BCUT2D eigenvalue weighted by Gasteiger charge is 2.04. The van der Waals surface area contributed by atoms with Crippen LogP contribution in [0.3, 0.4) is 0 Å². The molecule has 0 atom stereocenters. The molecule has 0 amide bonds. The third-order valence-corrected chi connectivity index (χ3v) is 4.44. The molecule has 0 saturated heterocycles. The molecule has 0 bridgehead atoms. The lowest BCUT2D eigenvalue weighted by molar-refractivity contribution is 0.597. The van der Waals surface area contributed by atoms with Crippen LogP contribution in [0.5, 0.6) is 0 Å². The van der Waals surface area contributed by atoms with Crippen LogP contribution in [0.25, 0.3) is 0 Å². The maximum Gasteiger partial charge on any atom is 0.250 e. The Balaban J connectivity index is 1.67. The average molecular weight is 345 g/mol. The van der Waals surface area contributed by atoms with Crippen LogP contribution in [0.4, 0.5) is 0 Å². The standard InChI is InChI=1S/C20H32N4O/c1-2-21-20(23-15-13-18-10-4-3-5-11-18)22-14-7-9-17-24-16-8-6-12-19(24)25/h6,8,10,12,16H,2-5,7,9,11,13-15,17H2,1H3,(H2,21,22,23). The van der Waals surface area contributed by atoms with E-state index in [1.54, 1.807) is 22.3 Å². The van der Waals surface area contributed by atoms with Gasteiger partial charge in [0.2, 0.25) is 5.56 Å². The van der Waals surface area contributed by atoms with Gasteiger partial charge in [-0.15, -0.1) is 0 Å². The van der Waals surface area contributed by atoms with Crippen LogP contribution in [0.2, 0.25) is 0 Å². The zero-order chi connectivity index (χ0) is 17.7. The smallest absolute Gasteiger partial charge is 0.250 e. The second kappa shape index (κ2) is 11.5. The first kappa shape index (κ1) is 19.3. The van der Waals surface area contributed by atoms with Gasteiger partial charge in [0.05, 0.1) is 0 Å². The van der Waals surface area contributed by atoms with E-state index in [1.807, 2.05) is 12.3 Å². The Morgan fingerprint density at radius 3 is 2.92 bits per heavy atom. The van der Waals surface area contributed by atoms with Gasteiger partial charge in [0.1, 0.15) is 0 Å². The summed E-state index contributed by atoms with van der Waals surface area (Å²) < 4.78 is 1.76. The fourth-order valence-electron chi connectivity index (χ4n) is 3.05. The molecule has 1 aromatic heterocycles. The summed E-state index contributed by atoms with van der Waals surface area (Å²) in [5.74, 6) is 0.899. The van der Waals surface area contributed by atoms with Gasteiger partial charge in [-0.1, -0.05) is 17.7 Å². The molecule has 0 fully saturated rings. The number of hydrogen-bond acceptors (Lipinski definition) is 2. The fourth-order valence-corrected chi connectivity index (χ4v) is 3.05. The van der Waals surface area contributed by atoms with Crippen molar-refractivity contribution in [3.05, 3.63) is 46.4 Å². The fraction of sp³-hybridized carbons (Fsp3) is 0.600. The number of nitrogens with zero attached hydrogens (tertiary/aromatic N) is 2. The molecular weight excluding hydrogens is 312 g/mol. The number of aromatic nitrogens is 1. The van der Waals surface area contributed by atoms with Crippen molar-refractivity contribution >= 4 is 5.96 Å². The number of hydrogen-bond donors (Lipinski definition) is 2. The SMILES string of the molecule is CCNC(=NCCCCn1ccccc1=O)NCCC1=CCCCC1. The van der Waals surface area contributed by atoms with Crippen molar-refractivity contribution in [2.24, 2.45) is 4.99 Å². The number of nitrogens with one attached hydrogen (secondary N) is 2. The summed E-state index contributed by atoms with van der Waals surface area (Å²) in [6, 6.07) is 5.28. The highest BCUT2D eigenvalue weighted by molar-refractivity contribution is 5.79. The van der Waals surface area contributed by atoms with E-state index in [-0.39, 0.29) is 5.56 Å². The van der Waals surface area contributed by atoms with E-state index in [4.69, 9.17) is 0 Å². The molecule has 138 valence electrons. The van der Waals surface area contributed by atoms with E-state index in [0.29, 0.717) is 0 Å². The van der Waals surface area contributed by atoms with Gasteiger partial charge < -0.3 is 15.2 Å². The molecule has 0 aliphatic heterocycles. The van der Waals surface area contributed by atoms with Crippen LogP contribution < -0.4 is 16.2 Å². The Morgan fingerprint density at radius 1 is 1.24 bits per heavy atom. The van der Waals surface area contributed by atoms with Crippen LogP contribution in [0.1, 0.15) is 51.9 Å². The number of unbranched alkanes of at least 4 members (excludes halogenated alkanes) is 1. The van der Waals surface area contributed by atoms with E-state index >= 15 is 0 Å². The largest absolute Gasteiger partial charge is 0.357 e. The Morgan fingerprint density at radius 2 is 2.16 bits per heavy atom. The molecule has 0 spiro atoms. The molecule has 0 unspecified atom stereocenters. The molecule has 2 rings (SSSR count). The van der Waals surface area contributed by atoms with Gasteiger partial charge in [0, 0.05) is 38.4 Å². The van der Waals surface area contributed by atoms with Gasteiger partial charge in [0.25, 0.3) is 0 Å². The second-order valence-electron chi connectivity index (χ2n) is 6.48. The first-order valence-corrected chi connectivity index (χ1v) is 9.65. The van der Waals surface area contributed by atoms with E-state index < -0.39 is 0 Å². The summed E-state index contributed by atoms with van der Waals surface area (Å²) in [7, 11) is 0. The van der Waals surface area contributed by atoms with E-state index in [1.165, 1.54) is 25.7 Å². The lowest BCUT2D eigenvalue weighted by Crippen LogP contribution is -2.38. The minimum Gasteiger partial charge on any atom is -0.357 e. The second-order valence-corrected chi connectivity index (χ2v) is 6.48. The van der Waals surface area contributed by atoms with Crippen molar-refractivity contribution < 1.29 is 0 Å². The monoisotopic (exact) mass is 344 g/mol. The third-order valence-electron chi connectivity index (χ3n) is 4.44. The van der Waals surface area contributed by atoms with E-state index in [9.17, 15) is 4.79 Å². The quantitative estimate of drug-likeness (QED) is 0.313. The van der Waals surface area contributed by atoms with Crippen LogP contribution >= 0.6 is 0 Å². The molecule has 0 radical (unpaired) electrons. The molecule has 2 N–H and O–H groups in total. The number of rotatable bonds is 9. The lowest BCUT2D eigenvalue weighted by atomic mass is 9.97. The van der Waals surface area contributed by atoms with E-state index in [2.05, 4.69) is 28.6 Å². The van der Waals surface area contributed by atoms with Crippen molar-refractivity contribution in [1.29, 1.82) is 0 Å². The molecule has 25 heavy (non-hydrogen) atoms. The Kier molecular flexibility index (Phi) is 8.87. The average Bonchev–Trinajstić information content (AvgIpc) is 2.64. The summed E-state index contributed by atoms with van der Waals surface area (Å²) in [5.41, 5.74) is 1.65. The molecule has 1 heterocycles. The highest BCUT2D eigenvalue weighted by atomic mass is 16.1. The van der Waals surface area contributed by atoms with Gasteiger partial charge in [-0.2, -0.15) is 0 Å². The van der Waals surface area contributed by atoms with Gasteiger partial charge in [0.15, 0.2) is 5.96 Å². The van der Waals surface area contributed by atoms with Crippen molar-refractivity contribution in [2.45, 2.75) is 58.4 Å². The first-order valence-electron chi connectivity index (χ1n) is 9.65.